The highest BCUT2D eigenvalue weighted by atomic mass is 35.5. The summed E-state index contributed by atoms with van der Waals surface area (Å²) in [7, 11) is 1.45. The second-order valence-electron chi connectivity index (χ2n) is 5.57. The lowest BCUT2D eigenvalue weighted by Gasteiger charge is -2.07. The number of hydrogen-bond acceptors (Lipinski definition) is 2. The molecule has 0 fully saturated rings. The molecule has 26 heavy (non-hydrogen) atoms. The lowest BCUT2D eigenvalue weighted by atomic mass is 10.1. The molecule has 2 aromatic carbocycles. The number of benzene rings is 2. The molecule has 0 unspecified atom stereocenters. The average molecular weight is 380 g/mol. The minimum Gasteiger partial charge on any atom is -0.322 e. The highest BCUT2D eigenvalue weighted by Gasteiger charge is 2.34. The molecule has 0 saturated carbocycles. The van der Waals surface area contributed by atoms with Crippen molar-refractivity contribution in [2.45, 2.75) is 6.18 Å². The maximum absolute atomic E-state index is 12.8. The zero-order valence-corrected chi connectivity index (χ0v) is 14.3. The summed E-state index contributed by atoms with van der Waals surface area (Å²) in [4.78, 5) is 12.2. The van der Waals surface area contributed by atoms with Gasteiger partial charge in [-0.15, -0.1) is 0 Å². The lowest BCUT2D eigenvalue weighted by Crippen LogP contribution is -2.11. The van der Waals surface area contributed by atoms with Gasteiger partial charge in [-0.05, 0) is 48.0 Å². The third kappa shape index (κ3) is 3.88. The minimum atomic E-state index is -4.50. The van der Waals surface area contributed by atoms with Crippen LogP contribution in [0, 0.1) is 0 Å². The van der Waals surface area contributed by atoms with Crippen molar-refractivity contribution in [1.29, 1.82) is 0 Å². The molecule has 1 N–H and O–H groups in total. The molecular weight excluding hydrogens is 367 g/mol. The summed E-state index contributed by atoms with van der Waals surface area (Å²) in [6.07, 6.45) is -4.50. The number of carbonyl (C=O) groups is 1. The summed E-state index contributed by atoms with van der Waals surface area (Å²) in [5, 5.41) is 6.73. The van der Waals surface area contributed by atoms with Crippen LogP contribution in [0.15, 0.2) is 54.6 Å². The van der Waals surface area contributed by atoms with Crippen LogP contribution in [-0.2, 0) is 13.2 Å². The predicted molar refractivity (Wildman–Crippen MR) is 93.1 cm³/mol. The second-order valence-corrected chi connectivity index (χ2v) is 6.01. The Morgan fingerprint density at radius 1 is 1.08 bits per heavy atom. The first-order valence-electron chi connectivity index (χ1n) is 7.52. The highest BCUT2D eigenvalue weighted by molar-refractivity contribution is 6.30. The van der Waals surface area contributed by atoms with Crippen LogP contribution in [0.5, 0.6) is 0 Å². The Balaban J connectivity index is 1.78. The van der Waals surface area contributed by atoms with Gasteiger partial charge in [-0.25, -0.2) is 0 Å². The van der Waals surface area contributed by atoms with Gasteiger partial charge in [-0.3, -0.25) is 9.48 Å². The number of carbonyl (C=O) groups excluding carboxylic acids is 1. The normalized spacial score (nSPS) is 11.4. The van der Waals surface area contributed by atoms with Gasteiger partial charge in [-0.2, -0.15) is 18.3 Å². The molecule has 1 aromatic heterocycles. The summed E-state index contributed by atoms with van der Waals surface area (Å²) in [5.74, 6) is -0.311. The first kappa shape index (κ1) is 18.0. The standard InChI is InChI=1S/C18H13ClF3N3O/c1-25-15(10-16(24-25)18(20,21)22)11-4-8-14(9-5-11)23-17(26)12-2-6-13(19)7-3-12/h2-10H,1H3,(H,23,26). The van der Waals surface area contributed by atoms with Crippen LogP contribution in [0.25, 0.3) is 11.3 Å². The summed E-state index contributed by atoms with van der Waals surface area (Å²) in [6, 6.07) is 13.9. The Morgan fingerprint density at radius 3 is 2.23 bits per heavy atom. The molecule has 3 aromatic rings. The van der Waals surface area contributed by atoms with E-state index in [-0.39, 0.29) is 5.91 Å². The third-order valence-electron chi connectivity index (χ3n) is 3.72. The van der Waals surface area contributed by atoms with Gasteiger partial charge >= 0.3 is 6.18 Å². The number of rotatable bonds is 3. The van der Waals surface area contributed by atoms with Crippen molar-refractivity contribution < 1.29 is 18.0 Å². The largest absolute Gasteiger partial charge is 0.435 e. The van der Waals surface area contributed by atoms with E-state index in [4.69, 9.17) is 11.6 Å². The van der Waals surface area contributed by atoms with Gasteiger partial charge in [0.25, 0.3) is 5.91 Å². The van der Waals surface area contributed by atoms with Crippen molar-refractivity contribution in [3.63, 3.8) is 0 Å². The fourth-order valence-electron chi connectivity index (χ4n) is 2.40. The Bertz CT molecular complexity index is 932. The monoisotopic (exact) mass is 379 g/mol. The van der Waals surface area contributed by atoms with Crippen LogP contribution in [0.1, 0.15) is 16.1 Å². The summed E-state index contributed by atoms with van der Waals surface area (Å²) in [6.45, 7) is 0. The van der Waals surface area contributed by atoms with E-state index in [1.165, 1.54) is 11.7 Å². The van der Waals surface area contributed by atoms with Crippen LogP contribution in [0.4, 0.5) is 18.9 Å². The molecule has 1 heterocycles. The van der Waals surface area contributed by atoms with Crippen molar-refractivity contribution in [1.82, 2.24) is 9.78 Å². The Kier molecular flexibility index (Phi) is 4.73. The first-order chi connectivity index (χ1) is 12.2. The van der Waals surface area contributed by atoms with E-state index in [0.29, 0.717) is 27.5 Å². The zero-order chi connectivity index (χ0) is 18.9. The molecule has 0 radical (unpaired) electrons. The van der Waals surface area contributed by atoms with Crippen LogP contribution < -0.4 is 5.32 Å². The molecule has 4 nitrogen and oxygen atoms in total. The number of hydrogen-bond donors (Lipinski definition) is 1. The van der Waals surface area contributed by atoms with E-state index in [1.54, 1.807) is 48.5 Å². The first-order valence-corrected chi connectivity index (χ1v) is 7.90. The number of aryl methyl sites for hydroxylation is 1. The van der Waals surface area contributed by atoms with Gasteiger partial charge in [-0.1, -0.05) is 23.7 Å². The molecule has 134 valence electrons. The molecular formula is C18H13ClF3N3O. The molecule has 8 heteroatoms. The number of anilines is 1. The second kappa shape index (κ2) is 6.84. The summed E-state index contributed by atoms with van der Waals surface area (Å²) >= 11 is 5.79. The maximum atomic E-state index is 12.8. The van der Waals surface area contributed by atoms with E-state index >= 15 is 0 Å². The Morgan fingerprint density at radius 2 is 1.69 bits per heavy atom. The molecule has 0 atom stereocenters. The minimum absolute atomic E-state index is 0.311. The summed E-state index contributed by atoms with van der Waals surface area (Å²) < 4.78 is 39.4. The van der Waals surface area contributed by atoms with Crippen LogP contribution >= 0.6 is 11.6 Å². The van der Waals surface area contributed by atoms with E-state index < -0.39 is 11.9 Å². The summed E-state index contributed by atoms with van der Waals surface area (Å²) in [5.41, 5.74) is 0.898. The number of nitrogens with zero attached hydrogens (tertiary/aromatic N) is 2. The SMILES string of the molecule is Cn1nc(C(F)(F)F)cc1-c1ccc(NC(=O)c2ccc(Cl)cc2)cc1. The molecule has 0 bridgehead atoms. The fraction of sp³-hybridized carbons (Fsp3) is 0.111. The van der Waals surface area contributed by atoms with Crippen molar-refractivity contribution in [2.75, 3.05) is 5.32 Å². The fourth-order valence-corrected chi connectivity index (χ4v) is 2.53. The van der Waals surface area contributed by atoms with E-state index in [9.17, 15) is 18.0 Å². The molecule has 0 spiro atoms. The van der Waals surface area contributed by atoms with Gasteiger partial charge in [0.1, 0.15) is 0 Å². The lowest BCUT2D eigenvalue weighted by molar-refractivity contribution is -0.141. The van der Waals surface area contributed by atoms with Gasteiger partial charge in [0.05, 0.1) is 5.69 Å². The van der Waals surface area contributed by atoms with Crippen LogP contribution in [-0.4, -0.2) is 15.7 Å². The molecule has 0 aliphatic rings. The smallest absolute Gasteiger partial charge is 0.322 e. The van der Waals surface area contributed by atoms with Crippen molar-refractivity contribution >= 4 is 23.2 Å². The van der Waals surface area contributed by atoms with Crippen molar-refractivity contribution in [3.8, 4) is 11.3 Å². The molecule has 0 saturated heterocycles. The van der Waals surface area contributed by atoms with E-state index in [1.807, 2.05) is 0 Å². The highest BCUT2D eigenvalue weighted by Crippen LogP contribution is 2.31. The topological polar surface area (TPSA) is 46.9 Å². The van der Waals surface area contributed by atoms with Gasteiger partial charge in [0.15, 0.2) is 5.69 Å². The predicted octanol–water partition coefficient (Wildman–Crippen LogP) is 5.01. The quantitative estimate of drug-likeness (QED) is 0.695. The maximum Gasteiger partial charge on any atom is 0.435 e. The molecule has 0 aliphatic carbocycles. The number of nitrogens with one attached hydrogen (secondary N) is 1. The van der Waals surface area contributed by atoms with E-state index in [2.05, 4.69) is 10.4 Å². The molecule has 0 aliphatic heterocycles. The number of alkyl halides is 3. The van der Waals surface area contributed by atoms with Gasteiger partial charge < -0.3 is 5.32 Å². The Labute approximate surface area is 152 Å². The Hall–Kier alpha value is -2.80. The van der Waals surface area contributed by atoms with Crippen LogP contribution in [0.3, 0.4) is 0 Å². The number of aromatic nitrogens is 2. The average Bonchev–Trinajstić information content (AvgIpc) is 2.98. The van der Waals surface area contributed by atoms with Gasteiger partial charge in [0.2, 0.25) is 0 Å². The molecule has 1 amide bonds. The number of amides is 1. The van der Waals surface area contributed by atoms with Gasteiger partial charge in [0, 0.05) is 23.3 Å². The van der Waals surface area contributed by atoms with Crippen molar-refractivity contribution in [3.05, 3.63) is 70.9 Å². The van der Waals surface area contributed by atoms with Crippen LogP contribution in [0.2, 0.25) is 5.02 Å². The third-order valence-corrected chi connectivity index (χ3v) is 3.97. The molecule has 3 rings (SSSR count). The number of halogens is 4. The zero-order valence-electron chi connectivity index (χ0n) is 13.5. The van der Waals surface area contributed by atoms with Crippen molar-refractivity contribution in [2.24, 2.45) is 7.05 Å². The van der Waals surface area contributed by atoms with E-state index in [0.717, 1.165) is 6.07 Å².